The van der Waals surface area contributed by atoms with Gasteiger partial charge in [0, 0.05) is 24.7 Å². The van der Waals surface area contributed by atoms with Gasteiger partial charge in [0.05, 0.1) is 4.90 Å². The molecule has 4 rings (SSSR count). The molecule has 9 nitrogen and oxygen atoms in total. The van der Waals surface area contributed by atoms with Crippen molar-refractivity contribution in [3.05, 3.63) is 83.9 Å². The number of fused-ring (bicyclic) bond motifs is 1. The second-order valence-electron chi connectivity index (χ2n) is 8.46. The van der Waals surface area contributed by atoms with Gasteiger partial charge >= 0.3 is 6.03 Å². The van der Waals surface area contributed by atoms with E-state index in [4.69, 9.17) is 9.47 Å². The average Bonchev–Trinajstić information content (AvgIpc) is 3.34. The van der Waals surface area contributed by atoms with E-state index in [0.717, 1.165) is 5.56 Å². The maximum absolute atomic E-state index is 13.6. The van der Waals surface area contributed by atoms with Crippen LogP contribution >= 0.6 is 0 Å². The van der Waals surface area contributed by atoms with Crippen molar-refractivity contribution in [2.24, 2.45) is 0 Å². The van der Waals surface area contributed by atoms with Crippen LogP contribution < -0.4 is 24.4 Å². The van der Waals surface area contributed by atoms with Crippen LogP contribution in [0.5, 0.6) is 11.5 Å². The van der Waals surface area contributed by atoms with Crippen molar-refractivity contribution >= 4 is 27.6 Å². The summed E-state index contributed by atoms with van der Waals surface area (Å²) in [6, 6.07) is 18.5. The third kappa shape index (κ3) is 5.28. The summed E-state index contributed by atoms with van der Waals surface area (Å²) in [5, 5.41) is 2.59. The second-order valence-corrected chi connectivity index (χ2v) is 10.1. The molecule has 0 bridgehead atoms. The Morgan fingerprint density at radius 2 is 1.61 bits per heavy atom. The minimum Gasteiger partial charge on any atom is -0.454 e. The van der Waals surface area contributed by atoms with Crippen LogP contribution in [-0.4, -0.2) is 40.2 Å². The van der Waals surface area contributed by atoms with Crippen molar-refractivity contribution in [3.63, 3.8) is 0 Å². The highest BCUT2D eigenvalue weighted by Gasteiger charge is 2.33. The predicted molar refractivity (Wildman–Crippen MR) is 135 cm³/mol. The topological polar surface area (TPSA) is 114 Å². The van der Waals surface area contributed by atoms with Crippen molar-refractivity contribution in [2.75, 3.05) is 18.7 Å². The molecule has 3 amide bonds. The highest BCUT2D eigenvalue weighted by Crippen LogP contribution is 2.35. The van der Waals surface area contributed by atoms with Gasteiger partial charge in [0.1, 0.15) is 6.04 Å². The zero-order valence-electron chi connectivity index (χ0n) is 20.1. The molecular formula is C26H27N3O6S. The molecule has 10 heteroatoms. The quantitative estimate of drug-likeness (QED) is 0.504. The molecule has 0 fully saturated rings. The first-order chi connectivity index (χ1) is 17.2. The molecule has 2 N–H and O–H groups in total. The van der Waals surface area contributed by atoms with Crippen LogP contribution in [0.3, 0.4) is 0 Å². The summed E-state index contributed by atoms with van der Waals surface area (Å²) in [4.78, 5) is 27.9. The van der Waals surface area contributed by atoms with Crippen LogP contribution in [0.2, 0.25) is 0 Å². The van der Waals surface area contributed by atoms with Gasteiger partial charge in [-0.3, -0.25) is 4.79 Å². The molecule has 1 heterocycles. The minimum absolute atomic E-state index is 0.0170. The Balaban J connectivity index is 1.59. The second kappa shape index (κ2) is 10.3. The summed E-state index contributed by atoms with van der Waals surface area (Å²) < 4.78 is 38.4. The van der Waals surface area contributed by atoms with Gasteiger partial charge in [0.2, 0.25) is 12.7 Å². The van der Waals surface area contributed by atoms with Gasteiger partial charge in [0.25, 0.3) is 10.0 Å². The van der Waals surface area contributed by atoms with Crippen LogP contribution in [0, 0.1) is 6.92 Å². The number of rotatable bonds is 7. The lowest BCUT2D eigenvalue weighted by atomic mass is 9.92. The SMILES string of the molecule is Cc1ccccc1S(=O)(=O)NC(=O)N[C@H](C(=O)N(C)c1ccc2c(c1)OCO2)[C@@H](C)c1ccccc1. The molecule has 188 valence electrons. The van der Waals surface area contributed by atoms with E-state index in [0.29, 0.717) is 22.7 Å². The van der Waals surface area contributed by atoms with Gasteiger partial charge in [-0.25, -0.2) is 17.9 Å². The molecule has 0 saturated carbocycles. The number of hydrogen-bond acceptors (Lipinski definition) is 6. The number of nitrogens with zero attached hydrogens (tertiary/aromatic N) is 1. The summed E-state index contributed by atoms with van der Waals surface area (Å²) in [6.45, 7) is 3.53. The molecule has 3 aromatic carbocycles. The Morgan fingerprint density at radius 3 is 2.33 bits per heavy atom. The van der Waals surface area contributed by atoms with Crippen LogP contribution in [0.25, 0.3) is 0 Å². The molecule has 2 atom stereocenters. The standard InChI is InChI=1S/C26H27N3O6S/c1-17-9-7-8-12-23(17)36(32,33)28-26(31)27-24(18(2)19-10-5-4-6-11-19)25(30)29(3)20-13-14-21-22(15-20)35-16-34-21/h4-15,18,24H,16H2,1-3H3,(H2,27,28,31)/t18-,24-/m0/s1. The molecular weight excluding hydrogens is 482 g/mol. The number of carbonyl (C=O) groups is 2. The summed E-state index contributed by atoms with van der Waals surface area (Å²) in [7, 11) is -2.57. The summed E-state index contributed by atoms with van der Waals surface area (Å²) in [6.07, 6.45) is 0. The van der Waals surface area contributed by atoms with E-state index in [-0.39, 0.29) is 11.7 Å². The maximum atomic E-state index is 13.6. The zero-order valence-corrected chi connectivity index (χ0v) is 20.9. The first-order valence-electron chi connectivity index (χ1n) is 11.3. The largest absolute Gasteiger partial charge is 0.454 e. The van der Waals surface area contributed by atoms with Crippen LogP contribution in [0.15, 0.2) is 77.7 Å². The third-order valence-electron chi connectivity index (χ3n) is 6.06. The van der Waals surface area contributed by atoms with E-state index in [2.05, 4.69) is 5.32 Å². The summed E-state index contributed by atoms with van der Waals surface area (Å²) in [5.41, 5.74) is 1.83. The Labute approximate surface area is 210 Å². The van der Waals surface area contributed by atoms with Crippen LogP contribution in [0.4, 0.5) is 10.5 Å². The lowest BCUT2D eigenvalue weighted by Crippen LogP contribution is -2.53. The fourth-order valence-electron chi connectivity index (χ4n) is 3.99. The number of amides is 3. The molecule has 0 aliphatic carbocycles. The van der Waals surface area contributed by atoms with Gasteiger partial charge in [-0.05, 0) is 36.2 Å². The highest BCUT2D eigenvalue weighted by molar-refractivity contribution is 7.90. The lowest BCUT2D eigenvalue weighted by Gasteiger charge is -2.29. The number of nitrogens with one attached hydrogen (secondary N) is 2. The number of benzene rings is 3. The molecule has 0 unspecified atom stereocenters. The number of ether oxygens (including phenoxy) is 2. The van der Waals surface area contributed by atoms with Crippen molar-refractivity contribution < 1.29 is 27.5 Å². The van der Waals surface area contributed by atoms with Crippen molar-refractivity contribution in [2.45, 2.75) is 30.7 Å². The molecule has 0 saturated heterocycles. The van der Waals surface area contributed by atoms with Crippen LogP contribution in [-0.2, 0) is 14.8 Å². The first-order valence-corrected chi connectivity index (χ1v) is 12.8. The van der Waals surface area contributed by atoms with Crippen molar-refractivity contribution in [3.8, 4) is 11.5 Å². The maximum Gasteiger partial charge on any atom is 0.329 e. The average molecular weight is 510 g/mol. The van der Waals surface area contributed by atoms with Gasteiger partial charge < -0.3 is 19.7 Å². The monoisotopic (exact) mass is 509 g/mol. The third-order valence-corrected chi connectivity index (χ3v) is 7.55. The van der Waals surface area contributed by atoms with E-state index in [1.165, 1.54) is 11.0 Å². The number of likely N-dealkylation sites (N-methyl/N-ethyl adjacent to an activating group) is 1. The fourth-order valence-corrected chi connectivity index (χ4v) is 5.15. The van der Waals surface area contributed by atoms with E-state index in [9.17, 15) is 18.0 Å². The van der Waals surface area contributed by atoms with E-state index >= 15 is 0 Å². The number of carbonyl (C=O) groups excluding carboxylic acids is 2. The molecule has 0 radical (unpaired) electrons. The van der Waals surface area contributed by atoms with Crippen molar-refractivity contribution in [1.82, 2.24) is 10.0 Å². The molecule has 0 aromatic heterocycles. The summed E-state index contributed by atoms with van der Waals surface area (Å²) >= 11 is 0. The van der Waals surface area contributed by atoms with Crippen LogP contribution in [0.1, 0.15) is 24.0 Å². The first kappa shape index (κ1) is 25.1. The molecule has 0 spiro atoms. The Morgan fingerprint density at radius 1 is 0.944 bits per heavy atom. The smallest absolute Gasteiger partial charge is 0.329 e. The predicted octanol–water partition coefficient (Wildman–Crippen LogP) is 3.55. The number of aryl methyl sites for hydroxylation is 1. The molecule has 3 aromatic rings. The zero-order chi connectivity index (χ0) is 25.9. The van der Waals surface area contributed by atoms with Gasteiger partial charge in [-0.15, -0.1) is 0 Å². The van der Waals surface area contributed by atoms with Crippen molar-refractivity contribution in [1.29, 1.82) is 0 Å². The van der Waals surface area contributed by atoms with Gasteiger partial charge in [-0.2, -0.15) is 0 Å². The number of hydrogen-bond donors (Lipinski definition) is 2. The van der Waals surface area contributed by atoms with E-state index in [1.807, 2.05) is 35.1 Å². The van der Waals surface area contributed by atoms with E-state index in [1.54, 1.807) is 57.3 Å². The highest BCUT2D eigenvalue weighted by atomic mass is 32.2. The minimum atomic E-state index is -4.15. The Hall–Kier alpha value is -4.05. The Bertz CT molecular complexity index is 1380. The van der Waals surface area contributed by atoms with E-state index < -0.39 is 33.9 Å². The molecule has 36 heavy (non-hydrogen) atoms. The number of sulfonamides is 1. The fraction of sp³-hybridized carbons (Fsp3) is 0.231. The van der Waals surface area contributed by atoms with Gasteiger partial charge in [0.15, 0.2) is 11.5 Å². The molecule has 1 aliphatic rings. The number of anilines is 1. The molecule has 1 aliphatic heterocycles. The lowest BCUT2D eigenvalue weighted by molar-refractivity contribution is -0.120. The normalized spacial score (nSPS) is 14.0. The summed E-state index contributed by atoms with van der Waals surface area (Å²) in [5.74, 6) is 0.179. The Kier molecular flexibility index (Phi) is 7.16. The van der Waals surface area contributed by atoms with Gasteiger partial charge in [-0.1, -0.05) is 55.5 Å². The number of urea groups is 1.